The van der Waals surface area contributed by atoms with E-state index in [0.717, 1.165) is 6.54 Å². The summed E-state index contributed by atoms with van der Waals surface area (Å²) in [4.78, 5) is 6.92. The largest absolute Gasteiger partial charge is 0.331 e. The lowest BCUT2D eigenvalue weighted by Gasteiger charge is -2.32. The van der Waals surface area contributed by atoms with Gasteiger partial charge in [0.15, 0.2) is 0 Å². The number of thiophene rings is 1. The highest BCUT2D eigenvalue weighted by Gasteiger charge is 2.35. The molecule has 0 aromatic carbocycles. The Labute approximate surface area is 130 Å². The van der Waals surface area contributed by atoms with Gasteiger partial charge < -0.3 is 10.3 Å². The fourth-order valence-electron chi connectivity index (χ4n) is 2.92. The van der Waals surface area contributed by atoms with Crippen molar-refractivity contribution in [2.45, 2.75) is 51.4 Å². The first-order valence-corrected chi connectivity index (χ1v) is 8.63. The van der Waals surface area contributed by atoms with Crippen LogP contribution in [-0.4, -0.2) is 27.0 Å². The third kappa shape index (κ3) is 3.20. The summed E-state index contributed by atoms with van der Waals surface area (Å²) in [6, 6.07) is 3.56. The molecule has 2 aromatic rings. The van der Waals surface area contributed by atoms with Crippen molar-refractivity contribution in [2.24, 2.45) is 5.73 Å². The molecule has 0 amide bonds. The lowest BCUT2D eigenvalue weighted by atomic mass is 10.1. The number of nitrogens with two attached hydrogens (primary N) is 1. The maximum atomic E-state index is 6.15. The highest BCUT2D eigenvalue weighted by atomic mass is 32.1. The molecule has 21 heavy (non-hydrogen) atoms. The third-order valence-corrected chi connectivity index (χ3v) is 4.91. The van der Waals surface area contributed by atoms with E-state index in [4.69, 9.17) is 5.73 Å². The van der Waals surface area contributed by atoms with Crippen LogP contribution in [0.3, 0.4) is 0 Å². The minimum atomic E-state index is 0.252. The Bertz CT molecular complexity index is 557. The van der Waals surface area contributed by atoms with Crippen LogP contribution < -0.4 is 5.73 Å². The molecule has 2 N–H and O–H groups in total. The van der Waals surface area contributed by atoms with Gasteiger partial charge in [-0.2, -0.15) is 11.3 Å². The van der Waals surface area contributed by atoms with Crippen molar-refractivity contribution in [1.29, 1.82) is 0 Å². The molecule has 0 aliphatic heterocycles. The van der Waals surface area contributed by atoms with Crippen molar-refractivity contribution in [1.82, 2.24) is 14.5 Å². The fraction of sp³-hybridized carbons (Fsp3) is 0.562. The topological polar surface area (TPSA) is 47.1 Å². The van der Waals surface area contributed by atoms with Crippen LogP contribution in [0.4, 0.5) is 0 Å². The average molecular weight is 304 g/mol. The smallest absolute Gasteiger partial charge is 0.0951 e. The van der Waals surface area contributed by atoms with E-state index in [1.54, 1.807) is 11.3 Å². The third-order valence-electron chi connectivity index (χ3n) is 4.18. The summed E-state index contributed by atoms with van der Waals surface area (Å²) in [5.74, 6) is 0. The Morgan fingerprint density at radius 3 is 2.86 bits per heavy atom. The molecule has 2 aromatic heterocycles. The zero-order valence-electron chi connectivity index (χ0n) is 12.8. The molecule has 4 nitrogen and oxygen atoms in total. The van der Waals surface area contributed by atoms with Crippen molar-refractivity contribution in [3.8, 4) is 0 Å². The second-order valence-corrected chi connectivity index (χ2v) is 6.89. The van der Waals surface area contributed by atoms with Crippen LogP contribution >= 0.6 is 11.3 Å². The molecule has 5 heteroatoms. The molecular weight excluding hydrogens is 280 g/mol. The Balaban J connectivity index is 1.86. The SMILES string of the molecule is CC(C)n1cncc1C(CN)N(Cc1ccsc1)C1CC1. The quantitative estimate of drug-likeness (QED) is 0.854. The predicted molar refractivity (Wildman–Crippen MR) is 87.3 cm³/mol. The van der Waals surface area contributed by atoms with Crippen LogP contribution in [0.5, 0.6) is 0 Å². The second kappa shape index (κ2) is 6.30. The van der Waals surface area contributed by atoms with Crippen molar-refractivity contribution in [2.75, 3.05) is 6.54 Å². The van der Waals surface area contributed by atoms with Crippen LogP contribution in [-0.2, 0) is 6.54 Å². The Morgan fingerprint density at radius 1 is 1.48 bits per heavy atom. The van der Waals surface area contributed by atoms with Crippen LogP contribution in [0, 0.1) is 0 Å². The van der Waals surface area contributed by atoms with E-state index in [0.29, 0.717) is 18.6 Å². The highest BCUT2D eigenvalue weighted by Crippen LogP contribution is 2.36. The molecule has 3 rings (SSSR count). The zero-order valence-corrected chi connectivity index (χ0v) is 13.6. The molecule has 1 aliphatic carbocycles. The number of hydrogen-bond acceptors (Lipinski definition) is 4. The number of aromatic nitrogens is 2. The molecule has 1 unspecified atom stereocenters. The average Bonchev–Trinajstić information content (AvgIpc) is 2.98. The van der Waals surface area contributed by atoms with Gasteiger partial charge in [-0.3, -0.25) is 4.90 Å². The monoisotopic (exact) mass is 304 g/mol. The van der Waals surface area contributed by atoms with Gasteiger partial charge in [0.2, 0.25) is 0 Å². The summed E-state index contributed by atoms with van der Waals surface area (Å²) in [6.07, 6.45) is 6.49. The maximum Gasteiger partial charge on any atom is 0.0951 e. The van der Waals surface area contributed by atoms with E-state index >= 15 is 0 Å². The number of imidazole rings is 1. The fourth-order valence-corrected chi connectivity index (χ4v) is 3.58. The molecule has 1 aliphatic rings. The van der Waals surface area contributed by atoms with Crippen LogP contribution in [0.15, 0.2) is 29.4 Å². The van der Waals surface area contributed by atoms with Crippen LogP contribution in [0.1, 0.15) is 50.0 Å². The first-order chi connectivity index (χ1) is 10.2. The van der Waals surface area contributed by atoms with Gasteiger partial charge in [0.1, 0.15) is 0 Å². The summed E-state index contributed by atoms with van der Waals surface area (Å²) in [5.41, 5.74) is 8.78. The summed E-state index contributed by atoms with van der Waals surface area (Å²) < 4.78 is 2.25. The van der Waals surface area contributed by atoms with Gasteiger partial charge in [-0.05, 0) is 49.1 Å². The van der Waals surface area contributed by atoms with Gasteiger partial charge >= 0.3 is 0 Å². The highest BCUT2D eigenvalue weighted by molar-refractivity contribution is 7.07. The first-order valence-electron chi connectivity index (χ1n) is 7.69. The first kappa shape index (κ1) is 14.8. The summed E-state index contributed by atoms with van der Waals surface area (Å²) >= 11 is 1.76. The van der Waals surface area contributed by atoms with E-state index in [1.165, 1.54) is 24.1 Å². The zero-order chi connectivity index (χ0) is 14.8. The number of rotatable bonds is 7. The van der Waals surface area contributed by atoms with E-state index < -0.39 is 0 Å². The summed E-state index contributed by atoms with van der Waals surface area (Å²) in [7, 11) is 0. The summed E-state index contributed by atoms with van der Waals surface area (Å²) in [5, 5.41) is 4.39. The van der Waals surface area contributed by atoms with Gasteiger partial charge in [0.25, 0.3) is 0 Å². The molecule has 0 spiro atoms. The molecule has 0 bridgehead atoms. The van der Waals surface area contributed by atoms with Gasteiger partial charge in [0.05, 0.1) is 18.1 Å². The lowest BCUT2D eigenvalue weighted by Crippen LogP contribution is -2.36. The predicted octanol–water partition coefficient (Wildman–Crippen LogP) is 3.19. The Kier molecular flexibility index (Phi) is 4.42. The number of hydrogen-bond donors (Lipinski definition) is 1. The Morgan fingerprint density at radius 2 is 2.29 bits per heavy atom. The van der Waals surface area contributed by atoms with Crippen molar-refractivity contribution < 1.29 is 0 Å². The van der Waals surface area contributed by atoms with Gasteiger partial charge in [-0.1, -0.05) is 0 Å². The molecule has 0 saturated heterocycles. The van der Waals surface area contributed by atoms with Gasteiger partial charge in [-0.25, -0.2) is 4.98 Å². The van der Waals surface area contributed by atoms with E-state index in [2.05, 4.69) is 45.1 Å². The second-order valence-electron chi connectivity index (χ2n) is 6.11. The molecule has 1 saturated carbocycles. The van der Waals surface area contributed by atoms with Crippen molar-refractivity contribution in [3.63, 3.8) is 0 Å². The minimum absolute atomic E-state index is 0.252. The minimum Gasteiger partial charge on any atom is -0.331 e. The van der Waals surface area contributed by atoms with Crippen LogP contribution in [0.25, 0.3) is 0 Å². The van der Waals surface area contributed by atoms with Crippen molar-refractivity contribution in [3.05, 3.63) is 40.6 Å². The van der Waals surface area contributed by atoms with E-state index in [-0.39, 0.29) is 6.04 Å². The lowest BCUT2D eigenvalue weighted by molar-refractivity contribution is 0.174. The molecule has 1 fully saturated rings. The van der Waals surface area contributed by atoms with Gasteiger partial charge in [0, 0.05) is 31.4 Å². The van der Waals surface area contributed by atoms with Gasteiger partial charge in [-0.15, -0.1) is 0 Å². The van der Waals surface area contributed by atoms with Crippen LogP contribution in [0.2, 0.25) is 0 Å². The standard InChI is InChI=1S/C16H24N4S/c1-12(2)20-11-18-8-16(20)15(7-17)19(14-3-4-14)9-13-5-6-21-10-13/h5-6,8,10-12,14-15H,3-4,7,9,17H2,1-2H3. The number of nitrogens with zero attached hydrogens (tertiary/aromatic N) is 3. The molecule has 1 atom stereocenters. The molecule has 0 radical (unpaired) electrons. The normalized spacial score (nSPS) is 16.8. The van der Waals surface area contributed by atoms with Crippen molar-refractivity contribution >= 4 is 11.3 Å². The Hall–Kier alpha value is -1.17. The molecule has 114 valence electrons. The maximum absolute atomic E-state index is 6.15. The molecule has 2 heterocycles. The van der Waals surface area contributed by atoms with E-state index in [1.807, 2.05) is 12.5 Å². The summed E-state index contributed by atoms with van der Waals surface area (Å²) in [6.45, 7) is 6.01. The molecular formula is C16H24N4S. The van der Waals surface area contributed by atoms with E-state index in [9.17, 15) is 0 Å².